The molecule has 0 unspecified atom stereocenters. The molecule has 0 saturated carbocycles. The molecule has 8 nitrogen and oxygen atoms in total. The SMILES string of the molecule is Cc1ccc(NS(=O)(=O)c2ccccc2[N+](=O)[O-])c(=O)[nH]1. The number of nitrogens with one attached hydrogen (secondary N) is 2. The lowest BCUT2D eigenvalue weighted by Crippen LogP contribution is -2.21. The van der Waals surface area contributed by atoms with Crippen LogP contribution in [0.1, 0.15) is 5.69 Å². The number of nitrogens with zero attached hydrogens (tertiary/aromatic N) is 1. The summed E-state index contributed by atoms with van der Waals surface area (Å²) in [5.41, 5.74) is -0.835. The first-order chi connectivity index (χ1) is 9.81. The molecule has 0 spiro atoms. The van der Waals surface area contributed by atoms with E-state index in [2.05, 4.69) is 4.98 Å². The topological polar surface area (TPSA) is 122 Å². The maximum atomic E-state index is 12.2. The lowest BCUT2D eigenvalue weighted by Gasteiger charge is -2.07. The lowest BCUT2D eigenvalue weighted by molar-refractivity contribution is -0.387. The minimum atomic E-state index is -4.24. The van der Waals surface area contributed by atoms with E-state index >= 15 is 0 Å². The zero-order valence-corrected chi connectivity index (χ0v) is 11.7. The van der Waals surface area contributed by atoms with Crippen molar-refractivity contribution in [2.45, 2.75) is 11.8 Å². The van der Waals surface area contributed by atoms with Crippen molar-refractivity contribution in [1.29, 1.82) is 0 Å². The van der Waals surface area contributed by atoms with Crippen molar-refractivity contribution >= 4 is 21.4 Å². The van der Waals surface area contributed by atoms with Gasteiger partial charge >= 0.3 is 0 Å². The minimum absolute atomic E-state index is 0.209. The molecule has 1 aromatic heterocycles. The van der Waals surface area contributed by atoms with Gasteiger partial charge in [-0.1, -0.05) is 12.1 Å². The Bertz CT molecular complexity index is 857. The Kier molecular flexibility index (Phi) is 3.76. The zero-order chi connectivity index (χ0) is 15.6. The van der Waals surface area contributed by atoms with Crippen LogP contribution in [0.25, 0.3) is 0 Å². The Labute approximate surface area is 119 Å². The van der Waals surface area contributed by atoms with Crippen LogP contribution in [-0.2, 0) is 10.0 Å². The Hall–Kier alpha value is -2.68. The van der Waals surface area contributed by atoms with Crippen LogP contribution in [-0.4, -0.2) is 18.3 Å². The van der Waals surface area contributed by atoms with Crippen molar-refractivity contribution in [3.8, 4) is 0 Å². The summed E-state index contributed by atoms with van der Waals surface area (Å²) < 4.78 is 26.4. The van der Waals surface area contributed by atoms with Crippen LogP contribution in [0.2, 0.25) is 0 Å². The maximum Gasteiger partial charge on any atom is 0.289 e. The van der Waals surface area contributed by atoms with E-state index in [1.165, 1.54) is 24.3 Å². The molecule has 0 aliphatic rings. The zero-order valence-electron chi connectivity index (χ0n) is 10.9. The highest BCUT2D eigenvalue weighted by Gasteiger charge is 2.25. The van der Waals surface area contributed by atoms with Gasteiger partial charge in [0.15, 0.2) is 4.90 Å². The number of hydrogen-bond acceptors (Lipinski definition) is 5. The number of nitro groups is 1. The fraction of sp³-hybridized carbons (Fsp3) is 0.0833. The molecule has 9 heteroatoms. The number of pyridine rings is 1. The van der Waals surface area contributed by atoms with Crippen LogP contribution < -0.4 is 10.3 Å². The fourth-order valence-corrected chi connectivity index (χ4v) is 2.92. The van der Waals surface area contributed by atoms with Crippen molar-refractivity contribution < 1.29 is 13.3 Å². The van der Waals surface area contributed by atoms with Crippen molar-refractivity contribution in [2.75, 3.05) is 4.72 Å². The number of aromatic nitrogens is 1. The normalized spacial score (nSPS) is 11.1. The molecule has 110 valence electrons. The molecule has 21 heavy (non-hydrogen) atoms. The molecule has 0 atom stereocenters. The largest absolute Gasteiger partial charge is 0.325 e. The third kappa shape index (κ3) is 3.08. The number of H-pyrrole nitrogens is 1. The van der Waals surface area contributed by atoms with Gasteiger partial charge in [-0.25, -0.2) is 8.42 Å². The van der Waals surface area contributed by atoms with Gasteiger partial charge in [-0.05, 0) is 25.1 Å². The third-order valence-corrected chi connectivity index (χ3v) is 4.06. The van der Waals surface area contributed by atoms with E-state index in [-0.39, 0.29) is 5.69 Å². The smallest absolute Gasteiger partial charge is 0.289 e. The van der Waals surface area contributed by atoms with Gasteiger partial charge in [-0.15, -0.1) is 0 Å². The van der Waals surface area contributed by atoms with Gasteiger partial charge in [0.1, 0.15) is 5.69 Å². The Balaban J connectivity index is 2.49. The highest BCUT2D eigenvalue weighted by atomic mass is 32.2. The Morgan fingerprint density at radius 3 is 2.48 bits per heavy atom. The Morgan fingerprint density at radius 1 is 1.19 bits per heavy atom. The molecule has 2 aromatic rings. The lowest BCUT2D eigenvalue weighted by atomic mass is 10.3. The van der Waals surface area contributed by atoms with E-state index in [4.69, 9.17) is 0 Å². The van der Waals surface area contributed by atoms with Gasteiger partial charge in [0.25, 0.3) is 21.3 Å². The quantitative estimate of drug-likeness (QED) is 0.652. The molecule has 0 fully saturated rings. The van der Waals surface area contributed by atoms with Crippen molar-refractivity contribution in [3.05, 3.63) is 62.6 Å². The predicted octanol–water partition coefficient (Wildman–Crippen LogP) is 1.39. The van der Waals surface area contributed by atoms with Crippen molar-refractivity contribution in [2.24, 2.45) is 0 Å². The maximum absolute atomic E-state index is 12.2. The Morgan fingerprint density at radius 2 is 1.86 bits per heavy atom. The van der Waals surface area contributed by atoms with E-state index in [1.54, 1.807) is 6.92 Å². The summed E-state index contributed by atoms with van der Waals surface area (Å²) in [5.74, 6) is 0. The van der Waals surface area contributed by atoms with E-state index in [9.17, 15) is 23.3 Å². The van der Waals surface area contributed by atoms with Crippen molar-refractivity contribution in [1.82, 2.24) is 4.98 Å². The van der Waals surface area contributed by atoms with Crippen LogP contribution in [0.4, 0.5) is 11.4 Å². The minimum Gasteiger partial charge on any atom is -0.325 e. The van der Waals surface area contributed by atoms with Gasteiger partial charge < -0.3 is 4.98 Å². The van der Waals surface area contributed by atoms with E-state index in [1.807, 2.05) is 4.72 Å². The number of rotatable bonds is 4. The number of anilines is 1. The van der Waals surface area contributed by atoms with E-state index in [0.717, 1.165) is 12.1 Å². The number of nitro benzene ring substituents is 1. The number of hydrogen-bond donors (Lipinski definition) is 2. The highest BCUT2D eigenvalue weighted by molar-refractivity contribution is 7.92. The molecule has 0 radical (unpaired) electrons. The van der Waals surface area contributed by atoms with Crippen LogP contribution in [0.5, 0.6) is 0 Å². The summed E-state index contributed by atoms with van der Waals surface area (Å²) in [4.78, 5) is 23.7. The summed E-state index contributed by atoms with van der Waals surface area (Å²) in [6.45, 7) is 1.64. The molecule has 2 rings (SSSR count). The van der Waals surface area contributed by atoms with Crippen LogP contribution in [0.3, 0.4) is 0 Å². The van der Waals surface area contributed by atoms with Gasteiger partial charge in [-0.2, -0.15) is 0 Å². The number of benzene rings is 1. The van der Waals surface area contributed by atoms with Crippen LogP contribution >= 0.6 is 0 Å². The predicted molar refractivity (Wildman–Crippen MR) is 75.7 cm³/mol. The number of aromatic amines is 1. The second-order valence-corrected chi connectivity index (χ2v) is 5.87. The molecular formula is C12H11N3O5S. The summed E-state index contributed by atoms with van der Waals surface area (Å²) in [5, 5.41) is 10.9. The molecular weight excluding hydrogens is 298 g/mol. The highest BCUT2D eigenvalue weighted by Crippen LogP contribution is 2.24. The molecule has 0 aliphatic heterocycles. The standard InChI is InChI=1S/C12H11N3O5S/c1-8-6-7-9(12(16)13-8)14-21(19,20)11-5-3-2-4-10(11)15(17)18/h2-7,14H,1H3,(H,13,16). The summed E-state index contributed by atoms with van der Waals surface area (Å²) >= 11 is 0. The number of para-hydroxylation sites is 1. The summed E-state index contributed by atoms with van der Waals surface area (Å²) in [6, 6.07) is 7.70. The molecule has 2 N–H and O–H groups in total. The first kappa shape index (κ1) is 14.7. The van der Waals surface area contributed by atoms with Crippen LogP contribution in [0.15, 0.2) is 46.1 Å². The molecule has 0 saturated heterocycles. The molecule has 0 bridgehead atoms. The van der Waals surface area contributed by atoms with Gasteiger partial charge in [0, 0.05) is 11.8 Å². The fourth-order valence-electron chi connectivity index (χ4n) is 1.69. The second kappa shape index (κ2) is 5.37. The number of sulfonamides is 1. The van der Waals surface area contributed by atoms with Gasteiger partial charge in [0.05, 0.1) is 4.92 Å². The van der Waals surface area contributed by atoms with E-state index in [0.29, 0.717) is 5.69 Å². The average Bonchev–Trinajstić information content (AvgIpc) is 2.42. The van der Waals surface area contributed by atoms with Gasteiger partial charge in [-0.3, -0.25) is 19.6 Å². The summed E-state index contributed by atoms with van der Waals surface area (Å²) in [6.07, 6.45) is 0. The van der Waals surface area contributed by atoms with E-state index < -0.39 is 31.1 Å². The molecule has 1 aromatic carbocycles. The average molecular weight is 309 g/mol. The number of aryl methyl sites for hydroxylation is 1. The van der Waals surface area contributed by atoms with Crippen molar-refractivity contribution in [3.63, 3.8) is 0 Å². The summed E-state index contributed by atoms with van der Waals surface area (Å²) in [7, 11) is -4.24. The first-order valence-corrected chi connectivity index (χ1v) is 7.26. The second-order valence-electron chi connectivity index (χ2n) is 4.21. The molecule has 1 heterocycles. The monoisotopic (exact) mass is 309 g/mol. The molecule has 0 aliphatic carbocycles. The third-order valence-electron chi connectivity index (χ3n) is 2.65. The van der Waals surface area contributed by atoms with Gasteiger partial charge in [0.2, 0.25) is 0 Å². The first-order valence-electron chi connectivity index (χ1n) is 5.77. The molecule has 0 amide bonds. The van der Waals surface area contributed by atoms with Crippen LogP contribution in [0, 0.1) is 17.0 Å².